The molecule has 1 N–H and O–H groups in total. The Labute approximate surface area is 131 Å². The van der Waals surface area contributed by atoms with E-state index < -0.39 is 5.60 Å². The van der Waals surface area contributed by atoms with E-state index in [9.17, 15) is 14.7 Å². The number of rotatable bonds is 5. The van der Waals surface area contributed by atoms with Gasteiger partial charge in [0.2, 0.25) is 11.8 Å². The van der Waals surface area contributed by atoms with Crippen LogP contribution in [0.15, 0.2) is 24.3 Å². The van der Waals surface area contributed by atoms with Crippen molar-refractivity contribution in [1.29, 1.82) is 0 Å². The van der Waals surface area contributed by atoms with Crippen LogP contribution in [0.5, 0.6) is 0 Å². The summed E-state index contributed by atoms with van der Waals surface area (Å²) >= 11 is 0. The van der Waals surface area contributed by atoms with Gasteiger partial charge < -0.3 is 14.9 Å². The van der Waals surface area contributed by atoms with Gasteiger partial charge in [-0.25, -0.2) is 0 Å². The third-order valence-corrected chi connectivity index (χ3v) is 3.80. The van der Waals surface area contributed by atoms with Crippen LogP contribution in [0.2, 0.25) is 0 Å². The number of aryl methyl sites for hydroxylation is 1. The van der Waals surface area contributed by atoms with E-state index in [-0.39, 0.29) is 24.9 Å². The molecule has 1 aliphatic heterocycles. The Hall–Kier alpha value is -1.88. The quantitative estimate of drug-likeness (QED) is 0.898. The molecule has 0 bridgehead atoms. The molecule has 0 saturated heterocycles. The molecule has 0 radical (unpaired) electrons. The number of hydrogen-bond donors (Lipinski definition) is 1. The van der Waals surface area contributed by atoms with Crippen LogP contribution in [0.25, 0.3) is 0 Å². The van der Waals surface area contributed by atoms with Gasteiger partial charge in [-0.2, -0.15) is 0 Å². The minimum absolute atomic E-state index is 0.0219. The zero-order chi connectivity index (χ0) is 16.3. The number of fused-ring (bicyclic) bond motifs is 1. The number of likely N-dealkylation sites (N-methyl/N-ethyl adjacent to an activating group) is 1. The molecule has 22 heavy (non-hydrogen) atoms. The molecule has 1 aliphatic rings. The van der Waals surface area contributed by atoms with E-state index in [4.69, 9.17) is 0 Å². The van der Waals surface area contributed by atoms with Crippen molar-refractivity contribution in [2.24, 2.45) is 0 Å². The fourth-order valence-electron chi connectivity index (χ4n) is 2.75. The summed E-state index contributed by atoms with van der Waals surface area (Å²) in [5, 5.41) is 9.91. The van der Waals surface area contributed by atoms with Crippen LogP contribution in [0, 0.1) is 0 Å². The Morgan fingerprint density at radius 3 is 2.64 bits per heavy atom. The summed E-state index contributed by atoms with van der Waals surface area (Å²) in [6, 6.07) is 7.70. The van der Waals surface area contributed by atoms with Gasteiger partial charge in [0.1, 0.15) is 6.54 Å². The van der Waals surface area contributed by atoms with E-state index in [0.717, 1.165) is 17.7 Å². The number of hydrogen-bond acceptors (Lipinski definition) is 3. The molecule has 0 aromatic heterocycles. The number of benzene rings is 1. The van der Waals surface area contributed by atoms with Crippen LogP contribution in [0.1, 0.15) is 32.8 Å². The Balaban J connectivity index is 2.15. The van der Waals surface area contributed by atoms with Crippen LogP contribution in [-0.2, 0) is 16.0 Å². The van der Waals surface area contributed by atoms with Crippen molar-refractivity contribution in [1.82, 2.24) is 4.90 Å². The lowest BCUT2D eigenvalue weighted by atomic mass is 10.0. The van der Waals surface area contributed by atoms with Gasteiger partial charge >= 0.3 is 0 Å². The molecule has 0 unspecified atom stereocenters. The summed E-state index contributed by atoms with van der Waals surface area (Å²) in [6.45, 7) is 6.00. The van der Waals surface area contributed by atoms with Crippen LogP contribution in [0.3, 0.4) is 0 Å². The van der Waals surface area contributed by atoms with Crippen molar-refractivity contribution in [2.75, 3.05) is 24.5 Å². The molecule has 1 aromatic rings. The van der Waals surface area contributed by atoms with Crippen molar-refractivity contribution in [3.8, 4) is 0 Å². The van der Waals surface area contributed by atoms with E-state index in [1.807, 2.05) is 31.2 Å². The topological polar surface area (TPSA) is 60.9 Å². The third kappa shape index (κ3) is 3.85. The van der Waals surface area contributed by atoms with Crippen molar-refractivity contribution in [3.05, 3.63) is 29.8 Å². The SMILES string of the molecule is CCN(CC(C)(C)O)C(=O)CN1C(=O)CCc2ccccc21. The predicted octanol–water partition coefficient (Wildman–Crippen LogP) is 1.59. The van der Waals surface area contributed by atoms with E-state index >= 15 is 0 Å². The Morgan fingerprint density at radius 2 is 2.00 bits per heavy atom. The normalized spacial score (nSPS) is 14.7. The molecule has 0 atom stereocenters. The van der Waals surface area contributed by atoms with Gasteiger partial charge in [0.25, 0.3) is 0 Å². The van der Waals surface area contributed by atoms with Gasteiger partial charge in [0, 0.05) is 25.2 Å². The minimum Gasteiger partial charge on any atom is -0.389 e. The highest BCUT2D eigenvalue weighted by molar-refractivity contribution is 6.01. The maximum absolute atomic E-state index is 12.5. The first-order chi connectivity index (χ1) is 10.3. The van der Waals surface area contributed by atoms with Crippen molar-refractivity contribution in [3.63, 3.8) is 0 Å². The van der Waals surface area contributed by atoms with Gasteiger partial charge in [-0.05, 0) is 38.8 Å². The second-order valence-corrected chi connectivity index (χ2v) is 6.33. The summed E-state index contributed by atoms with van der Waals surface area (Å²) in [7, 11) is 0. The highest BCUT2D eigenvalue weighted by Crippen LogP contribution is 2.27. The predicted molar refractivity (Wildman–Crippen MR) is 85.7 cm³/mol. The first-order valence-corrected chi connectivity index (χ1v) is 7.70. The lowest BCUT2D eigenvalue weighted by Gasteiger charge is -2.33. The lowest BCUT2D eigenvalue weighted by Crippen LogP contribution is -2.48. The number of nitrogens with zero attached hydrogens (tertiary/aromatic N) is 2. The first kappa shape index (κ1) is 16.5. The number of anilines is 1. The van der Waals surface area contributed by atoms with Crippen molar-refractivity contribution < 1.29 is 14.7 Å². The van der Waals surface area contributed by atoms with Crippen LogP contribution in [0.4, 0.5) is 5.69 Å². The summed E-state index contributed by atoms with van der Waals surface area (Å²) in [6.07, 6.45) is 1.16. The Bertz CT molecular complexity index is 563. The molecule has 120 valence electrons. The van der Waals surface area contributed by atoms with E-state index in [1.165, 1.54) is 0 Å². The van der Waals surface area contributed by atoms with Crippen LogP contribution in [-0.4, -0.2) is 47.1 Å². The van der Waals surface area contributed by atoms with E-state index in [2.05, 4.69) is 0 Å². The molecule has 0 aliphatic carbocycles. The number of carbonyl (C=O) groups excluding carboxylic acids is 2. The standard InChI is InChI=1S/C17H24N2O3/c1-4-18(12-17(2,3)22)16(21)11-19-14-8-6-5-7-13(14)9-10-15(19)20/h5-8,22H,4,9-12H2,1-3H3. The second-order valence-electron chi connectivity index (χ2n) is 6.33. The van der Waals surface area contributed by atoms with Gasteiger partial charge in [0.15, 0.2) is 0 Å². The smallest absolute Gasteiger partial charge is 0.242 e. The summed E-state index contributed by atoms with van der Waals surface area (Å²) in [4.78, 5) is 27.8. The minimum atomic E-state index is -0.949. The zero-order valence-electron chi connectivity index (χ0n) is 13.5. The first-order valence-electron chi connectivity index (χ1n) is 7.70. The number of para-hydroxylation sites is 1. The molecule has 1 aromatic carbocycles. The molecule has 1 heterocycles. The molecule has 2 amide bonds. The number of carbonyl (C=O) groups is 2. The van der Waals surface area contributed by atoms with Gasteiger partial charge in [-0.15, -0.1) is 0 Å². The average molecular weight is 304 g/mol. The summed E-state index contributed by atoms with van der Waals surface area (Å²) in [5.74, 6) is -0.166. The molecular formula is C17H24N2O3. The lowest BCUT2D eigenvalue weighted by molar-refractivity contribution is -0.133. The van der Waals surface area contributed by atoms with Crippen molar-refractivity contribution in [2.45, 2.75) is 39.2 Å². The monoisotopic (exact) mass is 304 g/mol. The maximum atomic E-state index is 12.5. The average Bonchev–Trinajstić information content (AvgIpc) is 2.46. The van der Waals surface area contributed by atoms with Crippen LogP contribution < -0.4 is 4.90 Å². The maximum Gasteiger partial charge on any atom is 0.242 e. The summed E-state index contributed by atoms with van der Waals surface area (Å²) in [5.41, 5.74) is 0.974. The number of amides is 2. The fraction of sp³-hybridized carbons (Fsp3) is 0.529. The van der Waals surface area contributed by atoms with E-state index in [1.54, 1.807) is 23.6 Å². The van der Waals surface area contributed by atoms with Crippen LogP contribution >= 0.6 is 0 Å². The van der Waals surface area contributed by atoms with Crippen molar-refractivity contribution >= 4 is 17.5 Å². The van der Waals surface area contributed by atoms with Gasteiger partial charge in [0.05, 0.1) is 5.60 Å². The highest BCUT2D eigenvalue weighted by Gasteiger charge is 2.28. The second kappa shape index (κ2) is 6.48. The molecule has 0 saturated carbocycles. The molecule has 5 nitrogen and oxygen atoms in total. The zero-order valence-corrected chi connectivity index (χ0v) is 13.5. The third-order valence-electron chi connectivity index (χ3n) is 3.80. The Kier molecular flexibility index (Phi) is 4.86. The molecule has 0 fully saturated rings. The highest BCUT2D eigenvalue weighted by atomic mass is 16.3. The van der Waals surface area contributed by atoms with Gasteiger partial charge in [-0.1, -0.05) is 18.2 Å². The number of aliphatic hydroxyl groups is 1. The molecule has 2 rings (SSSR count). The molecule has 5 heteroatoms. The summed E-state index contributed by atoms with van der Waals surface area (Å²) < 4.78 is 0. The largest absolute Gasteiger partial charge is 0.389 e. The Morgan fingerprint density at radius 1 is 1.32 bits per heavy atom. The van der Waals surface area contributed by atoms with E-state index in [0.29, 0.717) is 13.0 Å². The van der Waals surface area contributed by atoms with Gasteiger partial charge in [-0.3, -0.25) is 9.59 Å². The molecule has 0 spiro atoms. The fourth-order valence-corrected chi connectivity index (χ4v) is 2.75. The molecular weight excluding hydrogens is 280 g/mol.